The van der Waals surface area contributed by atoms with Crippen LogP contribution in [0.2, 0.25) is 5.02 Å². The highest BCUT2D eigenvalue weighted by atomic mass is 35.5. The number of H-pyrrole nitrogens is 1. The van der Waals surface area contributed by atoms with Crippen molar-refractivity contribution < 1.29 is 34.1 Å². The van der Waals surface area contributed by atoms with E-state index in [9.17, 15) is 34.7 Å². The van der Waals surface area contributed by atoms with Crippen LogP contribution in [0.3, 0.4) is 0 Å². The van der Waals surface area contributed by atoms with Crippen LogP contribution in [-0.4, -0.2) is 55.9 Å². The zero-order valence-corrected chi connectivity index (χ0v) is 17.9. The number of aliphatic hydroxyl groups excluding tert-OH is 2. The second-order valence-electron chi connectivity index (χ2n) is 7.19. The van der Waals surface area contributed by atoms with Crippen molar-refractivity contribution in [3.63, 3.8) is 0 Å². The molecule has 1 unspecified atom stereocenters. The van der Waals surface area contributed by atoms with Gasteiger partial charge in [-0.3, -0.25) is 24.5 Å². The van der Waals surface area contributed by atoms with Gasteiger partial charge in [0, 0.05) is 30.7 Å². The number of nitro benzene ring substituents is 1. The number of halogens is 1. The Labute approximate surface area is 190 Å². The van der Waals surface area contributed by atoms with Crippen molar-refractivity contribution in [3.05, 3.63) is 71.5 Å². The molecule has 0 radical (unpaired) electrons. The number of aromatic amines is 1. The summed E-state index contributed by atoms with van der Waals surface area (Å²) in [6.07, 6.45) is -5.93. The second-order valence-corrected chi connectivity index (χ2v) is 7.60. The Hall–Kier alpha value is -3.26. The molecule has 0 amide bonds. The minimum atomic E-state index is -1.94. The number of hydrogen-bond donors (Lipinski definition) is 3. The summed E-state index contributed by atoms with van der Waals surface area (Å²) in [7, 11) is 0. The fourth-order valence-electron chi connectivity index (χ4n) is 3.31. The largest absolute Gasteiger partial charge is 0.510 e. The molecule has 1 aliphatic heterocycles. The molecule has 1 aromatic heterocycles. The third kappa shape index (κ3) is 5.57. The van der Waals surface area contributed by atoms with E-state index >= 15 is 0 Å². The molecule has 33 heavy (non-hydrogen) atoms. The predicted octanol–water partition coefficient (Wildman–Crippen LogP) is 0.769. The van der Waals surface area contributed by atoms with Gasteiger partial charge in [0.15, 0.2) is 0 Å². The normalized spacial score (nSPS) is 20.9. The molecule has 1 aliphatic rings. The van der Waals surface area contributed by atoms with E-state index in [1.165, 1.54) is 31.3 Å². The molecule has 3 rings (SSSR count). The van der Waals surface area contributed by atoms with E-state index in [1.807, 2.05) is 0 Å². The molecule has 0 spiro atoms. The highest BCUT2D eigenvalue weighted by Crippen LogP contribution is 2.30. The Kier molecular flexibility index (Phi) is 7.48. The van der Waals surface area contributed by atoms with Gasteiger partial charge < -0.3 is 24.4 Å². The van der Waals surface area contributed by atoms with E-state index in [0.717, 1.165) is 4.57 Å². The van der Waals surface area contributed by atoms with Gasteiger partial charge in [-0.05, 0) is 13.0 Å². The average molecular weight is 486 g/mol. The third-order valence-electron chi connectivity index (χ3n) is 4.95. The van der Waals surface area contributed by atoms with Crippen molar-refractivity contribution in [3.8, 4) is 0 Å². The van der Waals surface area contributed by atoms with Gasteiger partial charge in [-0.1, -0.05) is 17.7 Å². The number of nitrogens with zero attached hydrogens (tertiary/aromatic N) is 2. The quantitative estimate of drug-likeness (QED) is 0.219. The Bertz CT molecular complexity index is 1160. The van der Waals surface area contributed by atoms with Crippen molar-refractivity contribution in [1.82, 2.24) is 9.55 Å². The molecule has 4 atom stereocenters. The van der Waals surface area contributed by atoms with Crippen molar-refractivity contribution in [2.24, 2.45) is 0 Å². The minimum Gasteiger partial charge on any atom is -0.434 e. The maximum absolute atomic E-state index is 12.0. The molecule has 0 saturated carbocycles. The summed E-state index contributed by atoms with van der Waals surface area (Å²) in [5.74, 6) is 0. The van der Waals surface area contributed by atoms with Crippen molar-refractivity contribution in [2.45, 2.75) is 44.5 Å². The fourth-order valence-corrected chi connectivity index (χ4v) is 3.57. The number of nitrogens with one attached hydrogen (secondary N) is 1. The van der Waals surface area contributed by atoms with Gasteiger partial charge in [-0.2, -0.15) is 0 Å². The zero-order valence-electron chi connectivity index (χ0n) is 17.2. The molecule has 14 heteroatoms. The fraction of sp³-hybridized carbons (Fsp3) is 0.421. The summed E-state index contributed by atoms with van der Waals surface area (Å²) in [5.41, 5.74) is -1.18. The molecule has 1 fully saturated rings. The van der Waals surface area contributed by atoms with Crippen LogP contribution in [0.15, 0.2) is 34.0 Å². The summed E-state index contributed by atoms with van der Waals surface area (Å²) in [5, 5.41) is 31.5. The molecule has 0 aliphatic carbocycles. The molecule has 3 N–H and O–H groups in total. The van der Waals surface area contributed by atoms with E-state index in [2.05, 4.69) is 4.98 Å². The highest BCUT2D eigenvalue weighted by Gasteiger charge is 2.42. The first-order valence-corrected chi connectivity index (χ1v) is 10.0. The van der Waals surface area contributed by atoms with Crippen LogP contribution < -0.4 is 11.2 Å². The summed E-state index contributed by atoms with van der Waals surface area (Å²) >= 11 is 5.96. The van der Waals surface area contributed by atoms with Crippen LogP contribution in [0.25, 0.3) is 0 Å². The zero-order chi connectivity index (χ0) is 24.3. The van der Waals surface area contributed by atoms with Gasteiger partial charge in [0.25, 0.3) is 11.2 Å². The molecule has 1 saturated heterocycles. The van der Waals surface area contributed by atoms with Gasteiger partial charge >= 0.3 is 11.8 Å². The Balaban J connectivity index is 1.56. The average Bonchev–Trinajstić information content (AvgIpc) is 3.13. The minimum absolute atomic E-state index is 0.0830. The van der Waals surface area contributed by atoms with E-state index < -0.39 is 47.1 Å². The highest BCUT2D eigenvalue weighted by molar-refractivity contribution is 6.31. The lowest BCUT2D eigenvalue weighted by molar-refractivity contribution is -0.385. The Morgan fingerprint density at radius 3 is 2.88 bits per heavy atom. The summed E-state index contributed by atoms with van der Waals surface area (Å²) in [6.45, 7) is 1.14. The number of carbonyl (C=O) groups is 1. The molecule has 2 heterocycles. The maximum atomic E-state index is 12.0. The second kappa shape index (κ2) is 10.1. The lowest BCUT2D eigenvalue weighted by Gasteiger charge is -2.21. The molecular formula is C19H20ClN3O10. The molecule has 2 aromatic rings. The number of benzene rings is 1. The number of aromatic nitrogens is 2. The van der Waals surface area contributed by atoms with Crippen molar-refractivity contribution in [2.75, 3.05) is 6.61 Å². The van der Waals surface area contributed by atoms with Gasteiger partial charge in [0.05, 0.1) is 28.2 Å². The summed E-state index contributed by atoms with van der Waals surface area (Å²) < 4.78 is 16.0. The van der Waals surface area contributed by atoms with Gasteiger partial charge in [-0.15, -0.1) is 0 Å². The lowest BCUT2D eigenvalue weighted by atomic mass is 10.1. The first kappa shape index (κ1) is 24.4. The number of aryl methyl sites for hydroxylation is 1. The molecule has 13 nitrogen and oxygen atoms in total. The smallest absolute Gasteiger partial charge is 0.434 e. The number of nitro groups is 1. The predicted molar refractivity (Wildman–Crippen MR) is 111 cm³/mol. The first-order valence-electron chi connectivity index (χ1n) is 9.67. The van der Waals surface area contributed by atoms with E-state index in [1.54, 1.807) is 0 Å². The molecular weight excluding hydrogens is 466 g/mol. The van der Waals surface area contributed by atoms with E-state index in [0.29, 0.717) is 0 Å². The Morgan fingerprint density at radius 1 is 1.45 bits per heavy atom. The number of ether oxygens (including phenoxy) is 3. The number of carbonyl (C=O) groups excluding carboxylic acids is 1. The molecule has 178 valence electrons. The van der Waals surface area contributed by atoms with Gasteiger partial charge in [0.2, 0.25) is 6.29 Å². The lowest BCUT2D eigenvalue weighted by Crippen LogP contribution is -2.38. The van der Waals surface area contributed by atoms with Crippen molar-refractivity contribution >= 4 is 23.4 Å². The summed E-state index contributed by atoms with van der Waals surface area (Å²) in [6, 6.07) is 4.13. The number of rotatable bonds is 7. The monoisotopic (exact) mass is 485 g/mol. The van der Waals surface area contributed by atoms with Crippen LogP contribution in [-0.2, 0) is 20.6 Å². The van der Waals surface area contributed by atoms with Gasteiger partial charge in [-0.25, -0.2) is 9.59 Å². The molecule has 1 aromatic carbocycles. The third-order valence-corrected chi connectivity index (χ3v) is 5.31. The van der Waals surface area contributed by atoms with Gasteiger partial charge in [0.1, 0.15) is 12.3 Å². The van der Waals surface area contributed by atoms with Crippen LogP contribution >= 0.6 is 11.6 Å². The maximum Gasteiger partial charge on any atom is 0.510 e. The Morgan fingerprint density at radius 2 is 2.18 bits per heavy atom. The molecule has 0 bridgehead atoms. The first-order chi connectivity index (χ1) is 15.6. The van der Waals surface area contributed by atoms with Crippen LogP contribution in [0, 0.1) is 17.0 Å². The standard InChI is InChI=1S/C19H20ClN3O10/c1-9-8-22(18(27)21-16(9)25)14-7-13(24)15(32-14)17(26)33-19(28)31-6-5-10-11(20)3-2-4-12(10)23(29)30/h2-4,8,13-15,17,24,26H,5-7H2,1H3,(H,21,25,27)/t13-,14+,15-,17?/m0/s1. The van der Waals surface area contributed by atoms with E-state index in [-0.39, 0.29) is 41.3 Å². The number of aliphatic hydroxyl groups is 2. The van der Waals surface area contributed by atoms with Crippen LogP contribution in [0.1, 0.15) is 23.8 Å². The summed E-state index contributed by atoms with van der Waals surface area (Å²) in [4.78, 5) is 48.0. The topological polar surface area (TPSA) is 183 Å². The van der Waals surface area contributed by atoms with E-state index in [4.69, 9.17) is 25.8 Å². The number of hydrogen-bond acceptors (Lipinski definition) is 10. The van der Waals surface area contributed by atoms with Crippen LogP contribution in [0.5, 0.6) is 0 Å². The SMILES string of the molecule is Cc1cn([C@H]2C[C@H](O)[C@@H](C(O)OC(=O)OCCc3c(Cl)cccc3[N+](=O)[O-])O2)c(=O)[nH]c1=O. The van der Waals surface area contributed by atoms with Crippen LogP contribution in [0.4, 0.5) is 10.5 Å². The van der Waals surface area contributed by atoms with Crippen molar-refractivity contribution in [1.29, 1.82) is 0 Å².